The number of hydrogen-bond acceptors (Lipinski definition) is 4. The first-order valence-electron chi connectivity index (χ1n) is 12.8. The zero-order valence-corrected chi connectivity index (χ0v) is 20.2. The van der Waals surface area contributed by atoms with Crippen molar-refractivity contribution in [2.75, 3.05) is 59.9 Å². The van der Waals surface area contributed by atoms with E-state index in [2.05, 4.69) is 27.4 Å². The van der Waals surface area contributed by atoms with Crippen molar-refractivity contribution >= 4 is 11.9 Å². The van der Waals surface area contributed by atoms with Crippen molar-refractivity contribution in [2.24, 2.45) is 10.9 Å². The van der Waals surface area contributed by atoms with E-state index in [1.807, 2.05) is 14.1 Å². The molecule has 1 unspecified atom stereocenters. The fourth-order valence-electron chi connectivity index (χ4n) is 5.32. The van der Waals surface area contributed by atoms with Crippen molar-refractivity contribution in [1.82, 2.24) is 25.3 Å². The molecule has 2 heterocycles. The average molecular weight is 435 g/mol. The third-order valence-corrected chi connectivity index (χ3v) is 7.31. The molecule has 1 aliphatic carbocycles. The third-order valence-electron chi connectivity index (χ3n) is 7.31. The van der Waals surface area contributed by atoms with Crippen LogP contribution in [0, 0.1) is 5.92 Å². The van der Waals surface area contributed by atoms with Crippen LogP contribution in [0.2, 0.25) is 0 Å². The van der Waals surface area contributed by atoms with Gasteiger partial charge in [0.15, 0.2) is 5.96 Å². The molecule has 2 aliphatic heterocycles. The molecule has 3 fully saturated rings. The molecule has 1 amide bonds. The lowest BCUT2D eigenvalue weighted by molar-refractivity contribution is -0.130. The van der Waals surface area contributed by atoms with E-state index in [9.17, 15) is 4.79 Å². The fraction of sp³-hybridized carbons (Fsp3) is 0.917. The molecule has 0 aromatic rings. The summed E-state index contributed by atoms with van der Waals surface area (Å²) in [6.45, 7) is 8.93. The third kappa shape index (κ3) is 7.94. The number of piperidine rings is 1. The number of hydrogen-bond donors (Lipinski definition) is 2. The molecule has 178 valence electrons. The average Bonchev–Trinajstić information content (AvgIpc) is 3.21. The summed E-state index contributed by atoms with van der Waals surface area (Å²) in [4.78, 5) is 23.6. The molecule has 0 radical (unpaired) electrons. The Hall–Kier alpha value is -1.34. The van der Waals surface area contributed by atoms with Crippen LogP contribution in [0.15, 0.2) is 4.99 Å². The van der Waals surface area contributed by atoms with Gasteiger partial charge in [0.05, 0.1) is 13.1 Å². The van der Waals surface area contributed by atoms with E-state index < -0.39 is 0 Å². The number of rotatable bonds is 8. The van der Waals surface area contributed by atoms with Gasteiger partial charge in [0.25, 0.3) is 0 Å². The lowest BCUT2D eigenvalue weighted by atomic mass is 9.89. The van der Waals surface area contributed by atoms with Crippen LogP contribution in [0.5, 0.6) is 0 Å². The van der Waals surface area contributed by atoms with Gasteiger partial charge in [-0.1, -0.05) is 19.3 Å². The number of carbonyl (C=O) groups excluding carboxylic acids is 1. The van der Waals surface area contributed by atoms with E-state index in [1.54, 1.807) is 4.90 Å². The molecule has 2 saturated heterocycles. The summed E-state index contributed by atoms with van der Waals surface area (Å²) < 4.78 is 0. The lowest BCUT2D eigenvalue weighted by Gasteiger charge is -2.33. The number of guanidine groups is 1. The molecule has 0 spiro atoms. The van der Waals surface area contributed by atoms with Crippen molar-refractivity contribution in [3.63, 3.8) is 0 Å². The number of nitrogens with zero attached hydrogens (tertiary/aromatic N) is 4. The molecule has 0 bridgehead atoms. The minimum Gasteiger partial charge on any atom is -0.357 e. The minimum absolute atomic E-state index is 0.190. The van der Waals surface area contributed by atoms with Gasteiger partial charge in [-0.2, -0.15) is 0 Å². The predicted molar refractivity (Wildman–Crippen MR) is 128 cm³/mol. The van der Waals surface area contributed by atoms with Crippen LogP contribution < -0.4 is 10.6 Å². The second kappa shape index (κ2) is 12.6. The summed E-state index contributed by atoms with van der Waals surface area (Å²) in [5.74, 6) is 2.07. The molecule has 31 heavy (non-hydrogen) atoms. The van der Waals surface area contributed by atoms with Crippen molar-refractivity contribution in [3.8, 4) is 0 Å². The molecule has 2 N–H and O–H groups in total. The molecule has 3 rings (SSSR count). The van der Waals surface area contributed by atoms with Crippen LogP contribution in [0.1, 0.15) is 64.7 Å². The highest BCUT2D eigenvalue weighted by molar-refractivity contribution is 5.80. The summed E-state index contributed by atoms with van der Waals surface area (Å²) in [5.41, 5.74) is 0. The zero-order chi connectivity index (χ0) is 22.1. The van der Waals surface area contributed by atoms with E-state index in [-0.39, 0.29) is 5.91 Å². The number of likely N-dealkylation sites (N-methyl/N-ethyl adjacent to an activating group) is 1. The van der Waals surface area contributed by atoms with Gasteiger partial charge in [-0.3, -0.25) is 19.6 Å². The van der Waals surface area contributed by atoms with Gasteiger partial charge in [-0.05, 0) is 57.9 Å². The summed E-state index contributed by atoms with van der Waals surface area (Å²) in [6.07, 6.45) is 11.9. The van der Waals surface area contributed by atoms with E-state index in [1.165, 1.54) is 58.0 Å². The van der Waals surface area contributed by atoms with Crippen LogP contribution in [0.25, 0.3) is 0 Å². The van der Waals surface area contributed by atoms with E-state index in [0.717, 1.165) is 50.9 Å². The topological polar surface area (TPSA) is 63.2 Å². The normalized spacial score (nSPS) is 25.0. The van der Waals surface area contributed by atoms with Crippen LogP contribution in [0.4, 0.5) is 0 Å². The molecule has 0 aromatic heterocycles. The minimum atomic E-state index is 0.190. The number of amides is 1. The van der Waals surface area contributed by atoms with Crippen LogP contribution >= 0.6 is 0 Å². The molecule has 3 aliphatic rings. The fourth-order valence-corrected chi connectivity index (χ4v) is 5.32. The SMILES string of the molecule is CCNC(=NCC1CCCN1CC1CCCCC1)NC1CCN(CC(=O)N(C)C)CC1. The van der Waals surface area contributed by atoms with Crippen molar-refractivity contribution < 1.29 is 4.79 Å². The van der Waals surface area contributed by atoms with Gasteiger partial charge >= 0.3 is 0 Å². The quantitative estimate of drug-likeness (QED) is 0.453. The summed E-state index contributed by atoms with van der Waals surface area (Å²) in [5, 5.41) is 7.13. The Morgan fingerprint density at radius 3 is 2.42 bits per heavy atom. The molecule has 7 nitrogen and oxygen atoms in total. The Kier molecular flexibility index (Phi) is 9.91. The standard InChI is InChI=1S/C24H46N6O/c1-4-25-24(27-21-12-15-29(16-13-21)19-23(31)28(2)3)26-17-22-11-8-14-30(22)18-20-9-6-5-7-10-20/h20-22H,4-19H2,1-3H3,(H2,25,26,27). The van der Waals surface area contributed by atoms with Crippen molar-refractivity contribution in [2.45, 2.75) is 76.8 Å². The zero-order valence-electron chi connectivity index (χ0n) is 20.2. The summed E-state index contributed by atoms with van der Waals surface area (Å²) in [6, 6.07) is 1.04. The van der Waals surface area contributed by atoms with E-state index >= 15 is 0 Å². The first-order chi connectivity index (χ1) is 15.0. The Balaban J connectivity index is 1.44. The monoisotopic (exact) mass is 434 g/mol. The molecule has 1 atom stereocenters. The Labute approximate surface area is 190 Å². The van der Waals surface area contributed by atoms with Gasteiger partial charge < -0.3 is 15.5 Å². The maximum atomic E-state index is 12.0. The molecular weight excluding hydrogens is 388 g/mol. The second-order valence-electron chi connectivity index (χ2n) is 10.00. The molecule has 7 heteroatoms. The summed E-state index contributed by atoms with van der Waals surface area (Å²) in [7, 11) is 3.66. The van der Waals surface area contributed by atoms with E-state index in [0.29, 0.717) is 18.6 Å². The first-order valence-corrected chi connectivity index (χ1v) is 12.8. The lowest BCUT2D eigenvalue weighted by Crippen LogP contribution is -2.50. The van der Waals surface area contributed by atoms with Gasteiger partial charge in [0.2, 0.25) is 5.91 Å². The molecule has 1 saturated carbocycles. The smallest absolute Gasteiger partial charge is 0.236 e. The van der Waals surface area contributed by atoms with Crippen LogP contribution in [0.3, 0.4) is 0 Å². The van der Waals surface area contributed by atoms with E-state index in [4.69, 9.17) is 4.99 Å². The Bertz CT molecular complexity index is 566. The van der Waals surface area contributed by atoms with Gasteiger partial charge in [-0.25, -0.2) is 0 Å². The molecule has 0 aromatic carbocycles. The van der Waals surface area contributed by atoms with Crippen LogP contribution in [-0.4, -0.2) is 98.6 Å². The number of nitrogens with one attached hydrogen (secondary N) is 2. The van der Waals surface area contributed by atoms with Gasteiger partial charge in [0.1, 0.15) is 0 Å². The molecular formula is C24H46N6O. The Morgan fingerprint density at radius 1 is 1.00 bits per heavy atom. The highest BCUT2D eigenvalue weighted by atomic mass is 16.2. The predicted octanol–water partition coefficient (Wildman–Crippen LogP) is 2.14. The Morgan fingerprint density at radius 2 is 1.74 bits per heavy atom. The van der Waals surface area contributed by atoms with Crippen LogP contribution in [-0.2, 0) is 4.79 Å². The van der Waals surface area contributed by atoms with Gasteiger partial charge in [0, 0.05) is 52.4 Å². The number of likely N-dealkylation sites (tertiary alicyclic amines) is 2. The second-order valence-corrected chi connectivity index (χ2v) is 10.00. The first kappa shape index (κ1) is 24.3. The van der Waals surface area contributed by atoms with Crippen molar-refractivity contribution in [1.29, 1.82) is 0 Å². The maximum absolute atomic E-state index is 12.0. The summed E-state index contributed by atoms with van der Waals surface area (Å²) >= 11 is 0. The van der Waals surface area contributed by atoms with Crippen molar-refractivity contribution in [3.05, 3.63) is 0 Å². The number of aliphatic imine (C=N–C) groups is 1. The van der Waals surface area contributed by atoms with Gasteiger partial charge in [-0.15, -0.1) is 0 Å². The largest absolute Gasteiger partial charge is 0.357 e. The number of carbonyl (C=O) groups is 1. The highest BCUT2D eigenvalue weighted by Gasteiger charge is 2.28. The maximum Gasteiger partial charge on any atom is 0.236 e. The highest BCUT2D eigenvalue weighted by Crippen LogP contribution is 2.27.